The molecule has 2 nitrogen and oxygen atoms in total. The van der Waals surface area contributed by atoms with Gasteiger partial charge in [-0.2, -0.15) is 0 Å². The lowest BCUT2D eigenvalue weighted by atomic mass is 9.99. The lowest BCUT2D eigenvalue weighted by Gasteiger charge is -2.05. The van der Waals surface area contributed by atoms with E-state index in [1.54, 1.807) is 6.20 Å². The summed E-state index contributed by atoms with van der Waals surface area (Å²) in [6.45, 7) is 1.98. The van der Waals surface area contributed by atoms with Gasteiger partial charge in [0.2, 0.25) is 0 Å². The molecule has 2 heteroatoms. The molecule has 0 aliphatic rings. The standard InChI is InChI=1S/C17H13NO/c1-12-5-2-7-14(11-12)17(19)15-9-3-6-13-8-4-10-18-16(13)15/h2-11H,1H3. The summed E-state index contributed by atoms with van der Waals surface area (Å²) >= 11 is 0. The van der Waals surface area contributed by atoms with Gasteiger partial charge in [-0.15, -0.1) is 0 Å². The highest BCUT2D eigenvalue weighted by Crippen LogP contribution is 2.19. The third-order valence-corrected chi connectivity index (χ3v) is 3.16. The molecule has 0 spiro atoms. The number of ketones is 1. The first-order valence-corrected chi connectivity index (χ1v) is 6.21. The van der Waals surface area contributed by atoms with Crippen LogP contribution in [0.5, 0.6) is 0 Å². The molecule has 2 aromatic carbocycles. The van der Waals surface area contributed by atoms with Gasteiger partial charge in [0.25, 0.3) is 0 Å². The van der Waals surface area contributed by atoms with Gasteiger partial charge in [0.05, 0.1) is 5.52 Å². The lowest BCUT2D eigenvalue weighted by Crippen LogP contribution is -2.03. The summed E-state index contributed by atoms with van der Waals surface area (Å²) in [7, 11) is 0. The van der Waals surface area contributed by atoms with E-state index in [-0.39, 0.29) is 5.78 Å². The van der Waals surface area contributed by atoms with Crippen LogP contribution in [0.2, 0.25) is 0 Å². The van der Waals surface area contributed by atoms with E-state index < -0.39 is 0 Å². The zero-order valence-corrected chi connectivity index (χ0v) is 10.6. The highest BCUT2D eigenvalue weighted by molar-refractivity contribution is 6.15. The molecule has 19 heavy (non-hydrogen) atoms. The molecule has 3 rings (SSSR count). The maximum atomic E-state index is 12.6. The van der Waals surface area contributed by atoms with Gasteiger partial charge in [-0.25, -0.2) is 0 Å². The molecule has 0 fully saturated rings. The summed E-state index contributed by atoms with van der Waals surface area (Å²) in [5, 5.41) is 0.987. The van der Waals surface area contributed by atoms with Crippen molar-refractivity contribution in [3.05, 3.63) is 77.5 Å². The van der Waals surface area contributed by atoms with E-state index in [1.165, 1.54) is 0 Å². The van der Waals surface area contributed by atoms with Crippen molar-refractivity contribution in [1.82, 2.24) is 4.98 Å². The molecule has 0 N–H and O–H groups in total. The second-order valence-corrected chi connectivity index (χ2v) is 4.58. The number of fused-ring (bicyclic) bond motifs is 1. The fraction of sp³-hybridized carbons (Fsp3) is 0.0588. The Bertz CT molecular complexity index is 757. The number of para-hydroxylation sites is 1. The van der Waals surface area contributed by atoms with E-state index >= 15 is 0 Å². The number of aromatic nitrogens is 1. The summed E-state index contributed by atoms with van der Waals surface area (Å²) < 4.78 is 0. The van der Waals surface area contributed by atoms with Crippen LogP contribution in [-0.4, -0.2) is 10.8 Å². The fourth-order valence-corrected chi connectivity index (χ4v) is 2.23. The van der Waals surface area contributed by atoms with Gasteiger partial charge in [-0.3, -0.25) is 9.78 Å². The first-order chi connectivity index (χ1) is 9.25. The molecule has 0 unspecified atom stereocenters. The molecule has 0 amide bonds. The predicted octanol–water partition coefficient (Wildman–Crippen LogP) is 3.77. The minimum atomic E-state index is 0.0213. The Labute approximate surface area is 111 Å². The minimum absolute atomic E-state index is 0.0213. The average Bonchev–Trinajstić information content (AvgIpc) is 2.46. The molecule has 1 aromatic heterocycles. The molecule has 92 valence electrons. The first-order valence-electron chi connectivity index (χ1n) is 6.21. The molecule has 1 heterocycles. The Morgan fingerprint density at radius 2 is 1.79 bits per heavy atom. The van der Waals surface area contributed by atoms with Gasteiger partial charge in [0.1, 0.15) is 0 Å². The summed E-state index contributed by atoms with van der Waals surface area (Å²) in [4.78, 5) is 16.9. The number of pyridine rings is 1. The largest absolute Gasteiger partial charge is 0.289 e. The normalized spacial score (nSPS) is 10.6. The Morgan fingerprint density at radius 1 is 1.00 bits per heavy atom. The van der Waals surface area contributed by atoms with Gasteiger partial charge >= 0.3 is 0 Å². The molecule has 0 bridgehead atoms. The van der Waals surface area contributed by atoms with Crippen LogP contribution >= 0.6 is 0 Å². The maximum Gasteiger partial charge on any atom is 0.195 e. The van der Waals surface area contributed by atoms with E-state index in [2.05, 4.69) is 4.98 Å². The number of carbonyl (C=O) groups excluding carboxylic acids is 1. The number of carbonyl (C=O) groups is 1. The van der Waals surface area contributed by atoms with Crippen molar-refractivity contribution in [2.24, 2.45) is 0 Å². The highest BCUT2D eigenvalue weighted by Gasteiger charge is 2.12. The van der Waals surface area contributed by atoms with Gasteiger partial charge in [-0.05, 0) is 25.1 Å². The van der Waals surface area contributed by atoms with Crippen molar-refractivity contribution < 1.29 is 4.79 Å². The molecular formula is C17H13NO. The van der Waals surface area contributed by atoms with Crippen molar-refractivity contribution in [2.45, 2.75) is 6.92 Å². The minimum Gasteiger partial charge on any atom is -0.289 e. The summed E-state index contributed by atoms with van der Waals surface area (Å²) in [5.74, 6) is 0.0213. The van der Waals surface area contributed by atoms with Gasteiger partial charge in [0.15, 0.2) is 5.78 Å². The molecule has 0 aliphatic heterocycles. The third-order valence-electron chi connectivity index (χ3n) is 3.16. The van der Waals surface area contributed by atoms with Crippen LogP contribution < -0.4 is 0 Å². The van der Waals surface area contributed by atoms with Crippen LogP contribution in [0.1, 0.15) is 21.5 Å². The zero-order chi connectivity index (χ0) is 13.2. The zero-order valence-electron chi connectivity index (χ0n) is 10.6. The molecule has 0 atom stereocenters. The van der Waals surface area contributed by atoms with E-state index in [1.807, 2.05) is 61.5 Å². The number of nitrogens with zero attached hydrogens (tertiary/aromatic N) is 1. The van der Waals surface area contributed by atoms with E-state index in [9.17, 15) is 4.79 Å². The number of rotatable bonds is 2. The van der Waals surface area contributed by atoms with E-state index in [0.717, 1.165) is 16.5 Å². The Morgan fingerprint density at radius 3 is 2.63 bits per heavy atom. The molecule has 0 aliphatic carbocycles. The second-order valence-electron chi connectivity index (χ2n) is 4.58. The Balaban J connectivity index is 2.17. The number of hydrogen-bond acceptors (Lipinski definition) is 2. The topological polar surface area (TPSA) is 30.0 Å². The van der Waals surface area contributed by atoms with Crippen molar-refractivity contribution in [2.75, 3.05) is 0 Å². The molecule has 0 radical (unpaired) electrons. The van der Waals surface area contributed by atoms with Gasteiger partial charge in [0, 0.05) is 22.7 Å². The quantitative estimate of drug-likeness (QED) is 0.645. The lowest BCUT2D eigenvalue weighted by molar-refractivity contribution is 0.104. The highest BCUT2D eigenvalue weighted by atomic mass is 16.1. The predicted molar refractivity (Wildman–Crippen MR) is 76.4 cm³/mol. The number of hydrogen-bond donors (Lipinski definition) is 0. The van der Waals surface area contributed by atoms with Crippen LogP contribution in [-0.2, 0) is 0 Å². The Hall–Kier alpha value is -2.48. The van der Waals surface area contributed by atoms with Crippen LogP contribution in [0.25, 0.3) is 10.9 Å². The summed E-state index contributed by atoms with van der Waals surface area (Å²) in [6.07, 6.45) is 1.72. The SMILES string of the molecule is Cc1cccc(C(=O)c2cccc3cccnc23)c1. The monoisotopic (exact) mass is 247 g/mol. The van der Waals surface area contributed by atoms with Gasteiger partial charge in [-0.1, -0.05) is 42.0 Å². The summed E-state index contributed by atoms with van der Waals surface area (Å²) in [5.41, 5.74) is 3.21. The first kappa shape index (κ1) is 11.6. The van der Waals surface area contributed by atoms with Crippen molar-refractivity contribution in [3.63, 3.8) is 0 Å². The second kappa shape index (κ2) is 4.65. The summed E-state index contributed by atoms with van der Waals surface area (Å²) in [6, 6.07) is 17.2. The average molecular weight is 247 g/mol. The van der Waals surface area contributed by atoms with Crippen molar-refractivity contribution in [3.8, 4) is 0 Å². The van der Waals surface area contributed by atoms with Crippen LogP contribution in [0, 0.1) is 6.92 Å². The fourth-order valence-electron chi connectivity index (χ4n) is 2.23. The Kier molecular flexibility index (Phi) is 2.84. The van der Waals surface area contributed by atoms with Crippen LogP contribution in [0.4, 0.5) is 0 Å². The molecular weight excluding hydrogens is 234 g/mol. The number of benzene rings is 2. The third kappa shape index (κ3) is 2.13. The molecule has 0 saturated heterocycles. The van der Waals surface area contributed by atoms with Crippen molar-refractivity contribution in [1.29, 1.82) is 0 Å². The van der Waals surface area contributed by atoms with E-state index in [0.29, 0.717) is 11.1 Å². The molecule has 0 saturated carbocycles. The van der Waals surface area contributed by atoms with Gasteiger partial charge < -0.3 is 0 Å². The maximum absolute atomic E-state index is 12.6. The van der Waals surface area contributed by atoms with Crippen LogP contribution in [0.3, 0.4) is 0 Å². The van der Waals surface area contributed by atoms with Crippen LogP contribution in [0.15, 0.2) is 60.8 Å². The number of aryl methyl sites for hydroxylation is 1. The van der Waals surface area contributed by atoms with E-state index in [4.69, 9.17) is 0 Å². The smallest absolute Gasteiger partial charge is 0.195 e. The van der Waals surface area contributed by atoms with Crippen molar-refractivity contribution >= 4 is 16.7 Å². The molecule has 3 aromatic rings.